The van der Waals surface area contributed by atoms with Crippen LogP contribution in [0.15, 0.2) is 24.3 Å². The molecule has 4 heteroatoms. The highest BCUT2D eigenvalue weighted by atomic mass is 19.1. The van der Waals surface area contributed by atoms with E-state index >= 15 is 0 Å². The normalized spacial score (nSPS) is 24.5. The first-order valence-electron chi connectivity index (χ1n) is 7.68. The number of benzene rings is 1. The first-order chi connectivity index (χ1) is 10.1. The Morgan fingerprint density at radius 1 is 1.43 bits per heavy atom. The Balaban J connectivity index is 1.57. The highest BCUT2D eigenvalue weighted by Crippen LogP contribution is 2.42. The van der Waals surface area contributed by atoms with Crippen LogP contribution in [0.2, 0.25) is 0 Å². The van der Waals surface area contributed by atoms with E-state index in [4.69, 9.17) is 4.74 Å². The molecule has 0 aliphatic carbocycles. The van der Waals surface area contributed by atoms with Crippen molar-refractivity contribution in [1.29, 1.82) is 0 Å². The Bertz CT molecular complexity index is 523. The SMILES string of the molecule is CC(=O)N1CCC2(CC1)COC(Cc1cccc(F)c1)C2. The summed E-state index contributed by atoms with van der Waals surface area (Å²) in [6, 6.07) is 6.77. The topological polar surface area (TPSA) is 29.5 Å². The molecule has 1 atom stereocenters. The van der Waals surface area contributed by atoms with E-state index in [9.17, 15) is 9.18 Å². The lowest BCUT2D eigenvalue weighted by Crippen LogP contribution is -2.42. The first-order valence-corrected chi connectivity index (χ1v) is 7.68. The van der Waals surface area contributed by atoms with Gasteiger partial charge >= 0.3 is 0 Å². The lowest BCUT2D eigenvalue weighted by atomic mass is 9.76. The lowest BCUT2D eigenvalue weighted by Gasteiger charge is -2.38. The van der Waals surface area contributed by atoms with Gasteiger partial charge in [-0.25, -0.2) is 4.39 Å². The summed E-state index contributed by atoms with van der Waals surface area (Å²) in [5.41, 5.74) is 1.22. The molecule has 2 saturated heterocycles. The Hall–Kier alpha value is -1.42. The smallest absolute Gasteiger partial charge is 0.219 e. The van der Waals surface area contributed by atoms with Gasteiger partial charge < -0.3 is 9.64 Å². The molecular formula is C17H22FNO2. The number of carbonyl (C=O) groups is 1. The third kappa shape index (κ3) is 3.26. The zero-order chi connectivity index (χ0) is 14.9. The van der Waals surface area contributed by atoms with E-state index in [0.717, 1.165) is 50.9 Å². The number of hydrogen-bond acceptors (Lipinski definition) is 2. The molecule has 0 saturated carbocycles. The first kappa shape index (κ1) is 14.5. The van der Waals surface area contributed by atoms with Gasteiger partial charge in [-0.1, -0.05) is 12.1 Å². The Morgan fingerprint density at radius 2 is 2.19 bits per heavy atom. The second-order valence-corrected chi connectivity index (χ2v) is 6.48. The van der Waals surface area contributed by atoms with Crippen LogP contribution in [0.25, 0.3) is 0 Å². The van der Waals surface area contributed by atoms with Crippen LogP contribution in [0, 0.1) is 11.2 Å². The number of hydrogen-bond donors (Lipinski definition) is 0. The fourth-order valence-corrected chi connectivity index (χ4v) is 3.60. The maximum atomic E-state index is 13.2. The van der Waals surface area contributed by atoms with Crippen LogP contribution in [0.3, 0.4) is 0 Å². The molecule has 1 unspecified atom stereocenters. The van der Waals surface area contributed by atoms with Gasteiger partial charge in [-0.05, 0) is 48.8 Å². The van der Waals surface area contributed by atoms with Crippen molar-refractivity contribution in [1.82, 2.24) is 4.90 Å². The molecule has 2 aliphatic heterocycles. The van der Waals surface area contributed by atoms with Gasteiger partial charge in [0.05, 0.1) is 12.7 Å². The van der Waals surface area contributed by atoms with Gasteiger partial charge in [-0.2, -0.15) is 0 Å². The van der Waals surface area contributed by atoms with Crippen molar-refractivity contribution in [3.05, 3.63) is 35.6 Å². The molecule has 0 radical (unpaired) electrons. The van der Waals surface area contributed by atoms with Gasteiger partial charge in [-0.15, -0.1) is 0 Å². The van der Waals surface area contributed by atoms with E-state index < -0.39 is 0 Å². The van der Waals surface area contributed by atoms with Gasteiger partial charge in [0.2, 0.25) is 5.91 Å². The largest absolute Gasteiger partial charge is 0.377 e. The maximum Gasteiger partial charge on any atom is 0.219 e. The van der Waals surface area contributed by atoms with Crippen LogP contribution < -0.4 is 0 Å². The van der Waals surface area contributed by atoms with E-state index in [1.54, 1.807) is 19.1 Å². The second-order valence-electron chi connectivity index (χ2n) is 6.48. The zero-order valence-electron chi connectivity index (χ0n) is 12.5. The molecule has 2 heterocycles. The third-order valence-corrected chi connectivity index (χ3v) is 4.91. The minimum Gasteiger partial charge on any atom is -0.377 e. The number of likely N-dealkylation sites (tertiary alicyclic amines) is 1. The van der Waals surface area contributed by atoms with Crippen molar-refractivity contribution < 1.29 is 13.9 Å². The van der Waals surface area contributed by atoms with Crippen LogP contribution in [-0.4, -0.2) is 36.6 Å². The van der Waals surface area contributed by atoms with Crippen molar-refractivity contribution in [2.75, 3.05) is 19.7 Å². The van der Waals surface area contributed by atoms with Gasteiger partial charge in [0.1, 0.15) is 5.82 Å². The van der Waals surface area contributed by atoms with Crippen molar-refractivity contribution in [2.45, 2.75) is 38.7 Å². The maximum absolute atomic E-state index is 13.2. The predicted molar refractivity (Wildman–Crippen MR) is 78.4 cm³/mol. The van der Waals surface area contributed by atoms with Gasteiger partial charge in [0.15, 0.2) is 0 Å². The molecule has 0 bridgehead atoms. The molecule has 1 amide bonds. The summed E-state index contributed by atoms with van der Waals surface area (Å²) < 4.78 is 19.2. The standard InChI is InChI=1S/C17H22FNO2/c1-13(20)19-7-5-17(6-8-19)11-16(21-12-17)10-14-3-2-4-15(18)9-14/h2-4,9,16H,5-8,10-12H2,1H3. The molecule has 2 aliphatic rings. The van der Waals surface area contributed by atoms with Crippen LogP contribution >= 0.6 is 0 Å². The molecule has 0 N–H and O–H groups in total. The zero-order valence-corrected chi connectivity index (χ0v) is 12.5. The van der Waals surface area contributed by atoms with Crippen molar-refractivity contribution in [2.24, 2.45) is 5.41 Å². The number of amides is 1. The molecule has 114 valence electrons. The summed E-state index contributed by atoms with van der Waals surface area (Å²) in [6.45, 7) is 4.09. The predicted octanol–water partition coefficient (Wildman–Crippen LogP) is 2.79. The van der Waals surface area contributed by atoms with Crippen molar-refractivity contribution in [3.8, 4) is 0 Å². The molecular weight excluding hydrogens is 269 g/mol. The Kier molecular flexibility index (Phi) is 3.98. The molecule has 1 spiro atoms. The highest BCUT2D eigenvalue weighted by molar-refractivity contribution is 5.73. The number of halogens is 1. The molecule has 3 nitrogen and oxygen atoms in total. The molecule has 3 rings (SSSR count). The van der Waals surface area contributed by atoms with Crippen LogP contribution in [-0.2, 0) is 16.0 Å². The number of ether oxygens (including phenoxy) is 1. The summed E-state index contributed by atoms with van der Waals surface area (Å²) in [6.07, 6.45) is 4.01. The summed E-state index contributed by atoms with van der Waals surface area (Å²) in [5, 5.41) is 0. The number of rotatable bonds is 2. The lowest BCUT2D eigenvalue weighted by molar-refractivity contribution is -0.131. The number of piperidine rings is 1. The van der Waals surface area contributed by atoms with Crippen LogP contribution in [0.1, 0.15) is 31.7 Å². The van der Waals surface area contributed by atoms with Gasteiger partial charge in [0.25, 0.3) is 0 Å². The van der Waals surface area contributed by atoms with Crippen LogP contribution in [0.5, 0.6) is 0 Å². The molecule has 1 aromatic carbocycles. The number of carbonyl (C=O) groups excluding carboxylic acids is 1. The van der Waals surface area contributed by atoms with Gasteiger partial charge in [-0.3, -0.25) is 4.79 Å². The molecule has 2 fully saturated rings. The van der Waals surface area contributed by atoms with E-state index in [2.05, 4.69) is 0 Å². The van der Waals surface area contributed by atoms with E-state index in [1.165, 1.54) is 6.07 Å². The van der Waals surface area contributed by atoms with Crippen molar-refractivity contribution in [3.63, 3.8) is 0 Å². The monoisotopic (exact) mass is 291 g/mol. The van der Waals surface area contributed by atoms with E-state index in [1.807, 2.05) is 11.0 Å². The molecule has 0 aromatic heterocycles. The van der Waals surface area contributed by atoms with Crippen LogP contribution in [0.4, 0.5) is 4.39 Å². The fourth-order valence-electron chi connectivity index (χ4n) is 3.60. The van der Waals surface area contributed by atoms with E-state index in [0.29, 0.717) is 0 Å². The quantitative estimate of drug-likeness (QED) is 0.838. The molecule has 1 aromatic rings. The minimum atomic E-state index is -0.185. The number of nitrogens with zero attached hydrogens (tertiary/aromatic N) is 1. The third-order valence-electron chi connectivity index (χ3n) is 4.91. The average molecular weight is 291 g/mol. The minimum absolute atomic E-state index is 0.167. The Labute approximate surface area is 125 Å². The molecule has 21 heavy (non-hydrogen) atoms. The summed E-state index contributed by atoms with van der Waals surface area (Å²) in [4.78, 5) is 13.3. The summed E-state index contributed by atoms with van der Waals surface area (Å²) in [5.74, 6) is -0.0185. The summed E-state index contributed by atoms with van der Waals surface area (Å²) >= 11 is 0. The summed E-state index contributed by atoms with van der Waals surface area (Å²) in [7, 11) is 0. The highest BCUT2D eigenvalue weighted by Gasteiger charge is 2.42. The van der Waals surface area contributed by atoms with E-state index in [-0.39, 0.29) is 23.2 Å². The van der Waals surface area contributed by atoms with Gasteiger partial charge in [0, 0.05) is 20.0 Å². The van der Waals surface area contributed by atoms with Crippen molar-refractivity contribution >= 4 is 5.91 Å². The average Bonchev–Trinajstić information content (AvgIpc) is 2.82. The fraction of sp³-hybridized carbons (Fsp3) is 0.588. The Morgan fingerprint density at radius 3 is 2.86 bits per heavy atom. The second kappa shape index (κ2) is 5.76.